The number of aromatic nitrogens is 1. The minimum Gasteiger partial charge on any atom is -0.344 e. The monoisotopic (exact) mass is 242 g/mol. The molecule has 2 nitrogen and oxygen atoms in total. The fourth-order valence-electron chi connectivity index (χ4n) is 2.83. The van der Waals surface area contributed by atoms with Crippen molar-refractivity contribution in [3.8, 4) is 0 Å². The van der Waals surface area contributed by atoms with Crippen LogP contribution in [-0.2, 0) is 13.1 Å². The minimum atomic E-state index is 0.759. The fraction of sp³-hybridized carbons (Fsp3) is 0.500. The smallest absolute Gasteiger partial charge is 0.0483 e. The number of nitrogens with one attached hydrogen (secondary N) is 1. The van der Waals surface area contributed by atoms with Crippen LogP contribution in [0.1, 0.15) is 37.4 Å². The lowest BCUT2D eigenvalue weighted by Gasteiger charge is -2.26. The van der Waals surface area contributed by atoms with Crippen LogP contribution in [0.4, 0.5) is 0 Å². The van der Waals surface area contributed by atoms with Crippen LogP contribution in [-0.4, -0.2) is 10.6 Å². The van der Waals surface area contributed by atoms with Crippen molar-refractivity contribution in [3.05, 3.63) is 35.5 Å². The van der Waals surface area contributed by atoms with Gasteiger partial charge < -0.3 is 9.88 Å². The predicted octanol–water partition coefficient (Wildman–Crippen LogP) is 3.61. The quantitative estimate of drug-likeness (QED) is 0.866. The van der Waals surface area contributed by atoms with Crippen LogP contribution >= 0.6 is 0 Å². The topological polar surface area (TPSA) is 17.0 Å². The Labute approximate surface area is 109 Å². The highest BCUT2D eigenvalue weighted by Crippen LogP contribution is 2.23. The summed E-state index contributed by atoms with van der Waals surface area (Å²) in [6.45, 7) is 6.45. The van der Waals surface area contributed by atoms with Gasteiger partial charge >= 0.3 is 0 Å². The van der Waals surface area contributed by atoms with Gasteiger partial charge in [0.05, 0.1) is 0 Å². The Kier molecular flexibility index (Phi) is 3.13. The number of nitrogens with zero attached hydrogens (tertiary/aromatic N) is 1. The normalized spacial score (nSPS) is 16.1. The second-order valence-electron chi connectivity index (χ2n) is 5.45. The number of benzene rings is 1. The molecule has 1 aromatic heterocycles. The van der Waals surface area contributed by atoms with Gasteiger partial charge in [0.25, 0.3) is 0 Å². The van der Waals surface area contributed by atoms with E-state index < -0.39 is 0 Å². The van der Waals surface area contributed by atoms with Crippen LogP contribution in [0.15, 0.2) is 24.3 Å². The summed E-state index contributed by atoms with van der Waals surface area (Å²) in [4.78, 5) is 0. The van der Waals surface area contributed by atoms with Crippen LogP contribution in [0.25, 0.3) is 10.9 Å². The van der Waals surface area contributed by atoms with Crippen molar-refractivity contribution in [2.45, 2.75) is 52.2 Å². The molecule has 0 amide bonds. The first kappa shape index (κ1) is 11.8. The maximum atomic E-state index is 3.66. The van der Waals surface area contributed by atoms with E-state index in [1.54, 1.807) is 0 Å². The molecule has 0 aliphatic heterocycles. The van der Waals surface area contributed by atoms with Gasteiger partial charge in [0.15, 0.2) is 0 Å². The predicted molar refractivity (Wildman–Crippen MR) is 76.8 cm³/mol. The molecular formula is C16H22N2. The van der Waals surface area contributed by atoms with Gasteiger partial charge in [0.1, 0.15) is 0 Å². The maximum absolute atomic E-state index is 3.66. The molecule has 96 valence electrons. The van der Waals surface area contributed by atoms with Crippen molar-refractivity contribution in [1.82, 2.24) is 9.88 Å². The zero-order valence-corrected chi connectivity index (χ0v) is 11.4. The number of aryl methyl sites for hydroxylation is 2. The molecule has 1 aliphatic carbocycles. The highest BCUT2D eigenvalue weighted by Gasteiger charge is 2.17. The number of hydrogen-bond acceptors (Lipinski definition) is 1. The Hall–Kier alpha value is -1.28. The Bertz CT molecular complexity index is 549. The first-order valence-corrected chi connectivity index (χ1v) is 7.10. The number of fused-ring (bicyclic) bond motifs is 1. The van der Waals surface area contributed by atoms with Gasteiger partial charge in [-0.2, -0.15) is 0 Å². The minimum absolute atomic E-state index is 0.759. The third-order valence-corrected chi connectivity index (χ3v) is 4.14. The number of hydrogen-bond donors (Lipinski definition) is 1. The summed E-state index contributed by atoms with van der Waals surface area (Å²) >= 11 is 0. The SMILES string of the molecule is CCn1c(CNC2CCC2)cc2cc(C)ccc21. The van der Waals surface area contributed by atoms with E-state index in [0.29, 0.717) is 0 Å². The van der Waals surface area contributed by atoms with Crippen LogP contribution in [0.2, 0.25) is 0 Å². The van der Waals surface area contributed by atoms with Crippen molar-refractivity contribution < 1.29 is 0 Å². The van der Waals surface area contributed by atoms with Crippen molar-refractivity contribution in [2.24, 2.45) is 0 Å². The molecule has 2 heteroatoms. The molecule has 1 saturated carbocycles. The third-order valence-electron chi connectivity index (χ3n) is 4.14. The summed E-state index contributed by atoms with van der Waals surface area (Å²) in [7, 11) is 0. The first-order chi connectivity index (χ1) is 8.78. The molecule has 0 saturated heterocycles. The molecule has 3 rings (SSSR count). The standard InChI is InChI=1S/C16H22N2/c1-3-18-15(11-17-14-5-4-6-14)10-13-9-12(2)7-8-16(13)18/h7-10,14,17H,3-6,11H2,1-2H3. The maximum Gasteiger partial charge on any atom is 0.0483 e. The summed E-state index contributed by atoms with van der Waals surface area (Å²) in [5.41, 5.74) is 4.13. The van der Waals surface area contributed by atoms with Gasteiger partial charge in [-0.25, -0.2) is 0 Å². The van der Waals surface area contributed by atoms with Crippen molar-refractivity contribution >= 4 is 10.9 Å². The Morgan fingerprint density at radius 2 is 2.11 bits per heavy atom. The molecule has 1 heterocycles. The summed E-state index contributed by atoms with van der Waals surface area (Å²) in [5.74, 6) is 0. The number of rotatable bonds is 4. The second kappa shape index (κ2) is 4.77. The lowest BCUT2D eigenvalue weighted by molar-refractivity contribution is 0.335. The largest absolute Gasteiger partial charge is 0.344 e. The zero-order valence-electron chi connectivity index (χ0n) is 11.4. The zero-order chi connectivity index (χ0) is 12.5. The molecule has 1 fully saturated rings. The third kappa shape index (κ3) is 2.05. The molecule has 0 spiro atoms. The summed E-state index contributed by atoms with van der Waals surface area (Å²) in [6.07, 6.45) is 4.10. The Morgan fingerprint density at radius 3 is 2.78 bits per heavy atom. The van der Waals surface area contributed by atoms with Crippen LogP contribution < -0.4 is 5.32 Å². The average Bonchev–Trinajstić information content (AvgIpc) is 2.63. The van der Waals surface area contributed by atoms with E-state index in [0.717, 1.165) is 19.1 Å². The fourth-order valence-corrected chi connectivity index (χ4v) is 2.83. The lowest BCUT2D eigenvalue weighted by atomic mass is 9.93. The van der Waals surface area contributed by atoms with Crippen LogP contribution in [0.3, 0.4) is 0 Å². The van der Waals surface area contributed by atoms with Gasteiger partial charge in [-0.05, 0) is 44.9 Å². The molecule has 0 radical (unpaired) electrons. The van der Waals surface area contributed by atoms with Gasteiger partial charge in [-0.1, -0.05) is 18.1 Å². The van der Waals surface area contributed by atoms with Crippen LogP contribution in [0.5, 0.6) is 0 Å². The van der Waals surface area contributed by atoms with Gasteiger partial charge in [0.2, 0.25) is 0 Å². The molecular weight excluding hydrogens is 220 g/mol. The van der Waals surface area contributed by atoms with Gasteiger partial charge in [-0.15, -0.1) is 0 Å². The summed E-state index contributed by atoms with van der Waals surface area (Å²) < 4.78 is 2.43. The van der Waals surface area contributed by atoms with E-state index in [1.807, 2.05) is 0 Å². The van der Waals surface area contributed by atoms with E-state index in [1.165, 1.54) is 41.4 Å². The average molecular weight is 242 g/mol. The van der Waals surface area contributed by atoms with Crippen LogP contribution in [0, 0.1) is 6.92 Å². The lowest BCUT2D eigenvalue weighted by Crippen LogP contribution is -2.35. The van der Waals surface area contributed by atoms with Crippen molar-refractivity contribution in [1.29, 1.82) is 0 Å². The molecule has 0 atom stereocenters. The molecule has 2 aromatic rings. The highest BCUT2D eigenvalue weighted by molar-refractivity contribution is 5.82. The molecule has 1 N–H and O–H groups in total. The Balaban J connectivity index is 1.89. The van der Waals surface area contributed by atoms with E-state index in [-0.39, 0.29) is 0 Å². The molecule has 1 aromatic carbocycles. The van der Waals surface area contributed by atoms with Gasteiger partial charge in [-0.3, -0.25) is 0 Å². The Morgan fingerprint density at radius 1 is 1.28 bits per heavy atom. The van der Waals surface area contributed by atoms with E-state index in [2.05, 4.69) is 48.0 Å². The second-order valence-corrected chi connectivity index (χ2v) is 5.45. The highest BCUT2D eigenvalue weighted by atomic mass is 15.0. The molecule has 0 unspecified atom stereocenters. The summed E-state index contributed by atoms with van der Waals surface area (Å²) in [6, 6.07) is 9.85. The van der Waals surface area contributed by atoms with E-state index >= 15 is 0 Å². The van der Waals surface area contributed by atoms with E-state index in [9.17, 15) is 0 Å². The van der Waals surface area contributed by atoms with Gasteiger partial charge in [0, 0.05) is 35.7 Å². The van der Waals surface area contributed by atoms with Crippen molar-refractivity contribution in [3.63, 3.8) is 0 Å². The van der Waals surface area contributed by atoms with E-state index in [4.69, 9.17) is 0 Å². The first-order valence-electron chi connectivity index (χ1n) is 7.10. The molecule has 1 aliphatic rings. The molecule has 18 heavy (non-hydrogen) atoms. The molecule has 0 bridgehead atoms. The summed E-state index contributed by atoms with van der Waals surface area (Å²) in [5, 5.41) is 5.04. The van der Waals surface area contributed by atoms with Crippen molar-refractivity contribution in [2.75, 3.05) is 0 Å².